The van der Waals surface area contributed by atoms with Crippen molar-refractivity contribution in [3.05, 3.63) is 82.9 Å². The minimum atomic E-state index is -0.360. The summed E-state index contributed by atoms with van der Waals surface area (Å²) in [4.78, 5) is 16.5. The van der Waals surface area contributed by atoms with Gasteiger partial charge in [0, 0.05) is 24.1 Å². The first kappa shape index (κ1) is 18.7. The predicted molar refractivity (Wildman–Crippen MR) is 104 cm³/mol. The quantitative estimate of drug-likeness (QED) is 0.643. The summed E-state index contributed by atoms with van der Waals surface area (Å²) in [5.74, 6) is -0.110. The number of nitrogens with zero attached hydrogens (tertiary/aromatic N) is 1. The molecule has 27 heavy (non-hydrogen) atoms. The first-order chi connectivity index (χ1) is 13.0. The summed E-state index contributed by atoms with van der Waals surface area (Å²) in [6, 6.07) is 14.6. The molecule has 0 saturated carbocycles. The molecule has 5 nitrogen and oxygen atoms in total. The van der Waals surface area contributed by atoms with Crippen LogP contribution in [0.4, 0.5) is 15.8 Å². The van der Waals surface area contributed by atoms with Crippen molar-refractivity contribution in [2.24, 2.45) is 0 Å². The number of carbonyl (C=O) groups excluding carboxylic acids is 1. The molecule has 0 saturated heterocycles. The molecule has 2 aromatic carbocycles. The van der Waals surface area contributed by atoms with E-state index in [1.165, 1.54) is 19.2 Å². The fourth-order valence-electron chi connectivity index (χ4n) is 2.41. The zero-order valence-corrected chi connectivity index (χ0v) is 15.3. The Kier molecular flexibility index (Phi) is 5.88. The van der Waals surface area contributed by atoms with Crippen molar-refractivity contribution in [1.29, 1.82) is 0 Å². The third-order valence-corrected chi connectivity index (χ3v) is 4.11. The van der Waals surface area contributed by atoms with E-state index < -0.39 is 0 Å². The van der Waals surface area contributed by atoms with E-state index in [9.17, 15) is 9.18 Å². The van der Waals surface area contributed by atoms with Gasteiger partial charge < -0.3 is 15.4 Å². The minimum Gasteiger partial charge on any atom is -0.495 e. The van der Waals surface area contributed by atoms with Crippen LogP contribution in [-0.2, 0) is 6.54 Å². The summed E-state index contributed by atoms with van der Waals surface area (Å²) in [5.41, 5.74) is 2.45. The Bertz CT molecular complexity index is 948. The maximum Gasteiger partial charge on any atom is 0.274 e. The third kappa shape index (κ3) is 4.95. The summed E-state index contributed by atoms with van der Waals surface area (Å²) in [6.07, 6.45) is 1.54. The maximum atomic E-state index is 12.9. The lowest BCUT2D eigenvalue weighted by atomic mass is 10.2. The van der Waals surface area contributed by atoms with Crippen LogP contribution in [0.2, 0.25) is 5.02 Å². The lowest BCUT2D eigenvalue weighted by Gasteiger charge is -2.10. The third-order valence-electron chi connectivity index (χ3n) is 3.81. The molecule has 7 heteroatoms. The molecule has 3 aromatic rings. The molecule has 0 aliphatic rings. The van der Waals surface area contributed by atoms with Crippen molar-refractivity contribution in [1.82, 2.24) is 4.98 Å². The molecule has 0 aliphatic carbocycles. The number of ether oxygens (including phenoxy) is 1. The number of nitrogens with one attached hydrogen (secondary N) is 2. The smallest absolute Gasteiger partial charge is 0.274 e. The van der Waals surface area contributed by atoms with Crippen LogP contribution >= 0.6 is 11.6 Å². The van der Waals surface area contributed by atoms with E-state index in [0.717, 1.165) is 11.3 Å². The van der Waals surface area contributed by atoms with Crippen LogP contribution in [-0.4, -0.2) is 18.0 Å². The number of halogens is 2. The maximum absolute atomic E-state index is 12.9. The minimum absolute atomic E-state index is 0.256. The SMILES string of the molecule is COc1ccc(NC(=O)c2cc(NCc3ccc(F)cc3)ccn2)cc1Cl. The fourth-order valence-corrected chi connectivity index (χ4v) is 2.67. The predicted octanol–water partition coefficient (Wildman–Crippen LogP) is 4.75. The number of aromatic nitrogens is 1. The van der Waals surface area contributed by atoms with E-state index in [1.54, 1.807) is 48.7 Å². The van der Waals surface area contributed by atoms with Crippen LogP contribution in [0.15, 0.2) is 60.8 Å². The van der Waals surface area contributed by atoms with Crippen LogP contribution in [0.25, 0.3) is 0 Å². The van der Waals surface area contributed by atoms with Gasteiger partial charge in [0.2, 0.25) is 0 Å². The molecule has 0 radical (unpaired) electrons. The molecule has 2 N–H and O–H groups in total. The van der Waals surface area contributed by atoms with Crippen molar-refractivity contribution in [3.63, 3.8) is 0 Å². The van der Waals surface area contributed by atoms with Crippen LogP contribution in [0, 0.1) is 5.82 Å². The summed E-state index contributed by atoms with van der Waals surface area (Å²) >= 11 is 6.07. The summed E-state index contributed by atoms with van der Waals surface area (Å²) in [5, 5.41) is 6.33. The highest BCUT2D eigenvalue weighted by atomic mass is 35.5. The van der Waals surface area contributed by atoms with Gasteiger partial charge >= 0.3 is 0 Å². The zero-order valence-electron chi connectivity index (χ0n) is 14.5. The Labute approximate surface area is 161 Å². The van der Waals surface area contributed by atoms with Crippen molar-refractivity contribution in [3.8, 4) is 5.75 Å². The Morgan fingerprint density at radius 3 is 2.59 bits per heavy atom. The number of benzene rings is 2. The number of hydrogen-bond donors (Lipinski definition) is 2. The molecule has 0 atom stereocenters. The highest BCUT2D eigenvalue weighted by molar-refractivity contribution is 6.32. The van der Waals surface area contributed by atoms with E-state index >= 15 is 0 Å². The first-order valence-electron chi connectivity index (χ1n) is 8.14. The van der Waals surface area contributed by atoms with E-state index in [4.69, 9.17) is 16.3 Å². The zero-order chi connectivity index (χ0) is 19.2. The molecule has 1 heterocycles. The molecule has 0 spiro atoms. The van der Waals surface area contributed by atoms with E-state index in [0.29, 0.717) is 23.0 Å². The number of hydrogen-bond acceptors (Lipinski definition) is 4. The average Bonchev–Trinajstić information content (AvgIpc) is 2.68. The van der Waals surface area contributed by atoms with Gasteiger partial charge in [-0.05, 0) is 48.0 Å². The number of anilines is 2. The van der Waals surface area contributed by atoms with Gasteiger partial charge in [0.25, 0.3) is 5.91 Å². The number of rotatable bonds is 6. The Morgan fingerprint density at radius 2 is 1.89 bits per heavy atom. The second kappa shape index (κ2) is 8.51. The summed E-state index contributed by atoms with van der Waals surface area (Å²) < 4.78 is 18.0. The Balaban J connectivity index is 1.66. The second-order valence-corrected chi connectivity index (χ2v) is 6.12. The van der Waals surface area contributed by atoms with Gasteiger partial charge in [-0.15, -0.1) is 0 Å². The monoisotopic (exact) mass is 385 g/mol. The highest BCUT2D eigenvalue weighted by Crippen LogP contribution is 2.27. The molecule has 0 unspecified atom stereocenters. The van der Waals surface area contributed by atoms with E-state index in [2.05, 4.69) is 15.6 Å². The molecule has 1 aromatic heterocycles. The van der Waals surface area contributed by atoms with Gasteiger partial charge in [-0.1, -0.05) is 23.7 Å². The molecule has 0 bridgehead atoms. The Hall–Kier alpha value is -3.12. The molecular formula is C20H17ClFN3O2. The largest absolute Gasteiger partial charge is 0.495 e. The molecule has 1 amide bonds. The lowest BCUT2D eigenvalue weighted by molar-refractivity contribution is 0.102. The number of methoxy groups -OCH3 is 1. The molecule has 3 rings (SSSR count). The van der Waals surface area contributed by atoms with Crippen LogP contribution in [0.3, 0.4) is 0 Å². The van der Waals surface area contributed by atoms with Gasteiger partial charge in [0.1, 0.15) is 17.3 Å². The molecule has 138 valence electrons. The number of pyridine rings is 1. The lowest BCUT2D eigenvalue weighted by Crippen LogP contribution is -2.14. The summed E-state index contributed by atoms with van der Waals surface area (Å²) in [6.45, 7) is 0.499. The van der Waals surface area contributed by atoms with Gasteiger partial charge in [0.05, 0.1) is 12.1 Å². The normalized spacial score (nSPS) is 10.3. The molecule has 0 fully saturated rings. The van der Waals surface area contributed by atoms with Crippen LogP contribution in [0.1, 0.15) is 16.1 Å². The van der Waals surface area contributed by atoms with Crippen LogP contribution in [0.5, 0.6) is 5.75 Å². The highest BCUT2D eigenvalue weighted by Gasteiger charge is 2.10. The van der Waals surface area contributed by atoms with Crippen molar-refractivity contribution in [2.45, 2.75) is 6.54 Å². The van der Waals surface area contributed by atoms with Crippen molar-refractivity contribution < 1.29 is 13.9 Å². The van der Waals surface area contributed by atoms with Gasteiger partial charge in [-0.2, -0.15) is 0 Å². The van der Waals surface area contributed by atoms with E-state index in [1.807, 2.05) is 0 Å². The number of amides is 1. The topological polar surface area (TPSA) is 63.2 Å². The molecular weight excluding hydrogens is 369 g/mol. The van der Waals surface area contributed by atoms with Crippen molar-refractivity contribution >= 4 is 28.9 Å². The van der Waals surface area contributed by atoms with Gasteiger partial charge in [-0.25, -0.2) is 4.39 Å². The van der Waals surface area contributed by atoms with Gasteiger partial charge in [-0.3, -0.25) is 9.78 Å². The number of carbonyl (C=O) groups is 1. The standard InChI is InChI=1S/C20H17ClFN3O2/c1-27-19-7-6-16(10-17(19)21)25-20(26)18-11-15(8-9-23-18)24-12-13-2-4-14(22)5-3-13/h2-11H,12H2,1H3,(H,23,24)(H,25,26). The van der Waals surface area contributed by atoms with Crippen LogP contribution < -0.4 is 15.4 Å². The second-order valence-electron chi connectivity index (χ2n) is 5.71. The van der Waals surface area contributed by atoms with Gasteiger partial charge in [0.15, 0.2) is 0 Å². The van der Waals surface area contributed by atoms with E-state index in [-0.39, 0.29) is 17.4 Å². The first-order valence-corrected chi connectivity index (χ1v) is 8.52. The Morgan fingerprint density at radius 1 is 1.11 bits per heavy atom. The molecule has 0 aliphatic heterocycles. The average molecular weight is 386 g/mol. The fraction of sp³-hybridized carbons (Fsp3) is 0.100. The summed E-state index contributed by atoms with van der Waals surface area (Å²) in [7, 11) is 1.52. The van der Waals surface area contributed by atoms with Crippen molar-refractivity contribution in [2.75, 3.05) is 17.7 Å².